The number of esters is 2. The molecule has 0 radical (unpaired) electrons. The van der Waals surface area contributed by atoms with Crippen molar-refractivity contribution < 1.29 is 42.7 Å². The minimum absolute atomic E-state index is 0.124. The van der Waals surface area contributed by atoms with Gasteiger partial charge in [-0.05, 0) is 48.7 Å². The lowest BCUT2D eigenvalue weighted by Crippen LogP contribution is -2.10. The van der Waals surface area contributed by atoms with Gasteiger partial charge in [0.25, 0.3) is 0 Å². The molecule has 4 aromatic rings. The molecule has 5 rings (SSSR count). The molecule has 0 atom stereocenters. The van der Waals surface area contributed by atoms with E-state index in [2.05, 4.69) is 0 Å². The molecule has 0 bridgehead atoms. The maximum atomic E-state index is 13.2. The molecule has 1 aliphatic rings. The monoisotopic (exact) mass is 616 g/mol. The lowest BCUT2D eigenvalue weighted by atomic mass is 10.00. The van der Waals surface area contributed by atoms with E-state index in [1.807, 2.05) is 47.9 Å². The second-order valence-corrected chi connectivity index (χ2v) is 10.5. The summed E-state index contributed by atoms with van der Waals surface area (Å²) in [7, 11) is 4.50. The quantitative estimate of drug-likeness (QED) is 0.127. The van der Waals surface area contributed by atoms with Gasteiger partial charge in [-0.1, -0.05) is 18.2 Å². The Kier molecular flexibility index (Phi) is 9.71. The van der Waals surface area contributed by atoms with E-state index in [4.69, 9.17) is 33.2 Å². The zero-order valence-electron chi connectivity index (χ0n) is 24.8. The molecule has 0 unspecified atom stereocenters. The van der Waals surface area contributed by atoms with Crippen LogP contribution in [0.15, 0.2) is 71.6 Å². The molecule has 228 valence electrons. The van der Waals surface area contributed by atoms with E-state index in [0.717, 1.165) is 21.6 Å². The largest absolute Gasteiger partial charge is 0.497 e. The molecule has 0 saturated carbocycles. The molecule has 0 spiro atoms. The van der Waals surface area contributed by atoms with E-state index in [-0.39, 0.29) is 26.4 Å². The lowest BCUT2D eigenvalue weighted by Gasteiger charge is -2.15. The van der Waals surface area contributed by atoms with Gasteiger partial charge in [0.1, 0.15) is 23.9 Å². The van der Waals surface area contributed by atoms with Crippen LogP contribution in [-0.2, 0) is 27.3 Å². The van der Waals surface area contributed by atoms with Crippen LogP contribution in [0.3, 0.4) is 0 Å². The molecule has 1 aliphatic heterocycles. The number of methoxy groups -OCH3 is 3. The molecule has 3 aromatic carbocycles. The third kappa shape index (κ3) is 6.65. The van der Waals surface area contributed by atoms with Gasteiger partial charge in [0.15, 0.2) is 11.5 Å². The number of thiophene rings is 1. The average Bonchev–Trinajstić information content (AvgIpc) is 3.71. The molecule has 10 heteroatoms. The lowest BCUT2D eigenvalue weighted by molar-refractivity contribution is -0.138. The molecule has 0 N–H and O–H groups in total. The predicted molar refractivity (Wildman–Crippen MR) is 166 cm³/mol. The Hall–Kier alpha value is -4.96. The maximum absolute atomic E-state index is 13.2. The molecule has 0 fully saturated rings. The minimum Gasteiger partial charge on any atom is -0.497 e. The summed E-state index contributed by atoms with van der Waals surface area (Å²) in [6, 6.07) is 18.2. The van der Waals surface area contributed by atoms with Crippen molar-refractivity contribution in [3.63, 3.8) is 0 Å². The Morgan fingerprint density at radius 1 is 0.886 bits per heavy atom. The highest BCUT2D eigenvalue weighted by atomic mass is 32.1. The van der Waals surface area contributed by atoms with Crippen molar-refractivity contribution >= 4 is 29.4 Å². The molecule has 0 amide bonds. The van der Waals surface area contributed by atoms with E-state index in [9.17, 15) is 9.59 Å². The first-order valence-corrected chi connectivity index (χ1v) is 14.7. The van der Waals surface area contributed by atoms with E-state index in [0.29, 0.717) is 45.4 Å². The second kappa shape index (κ2) is 14.0. The third-order valence-electron chi connectivity index (χ3n) is 6.98. The van der Waals surface area contributed by atoms with Gasteiger partial charge in [-0.2, -0.15) is 0 Å². The normalized spacial score (nSPS) is 12.0. The van der Waals surface area contributed by atoms with E-state index < -0.39 is 11.9 Å². The van der Waals surface area contributed by atoms with Crippen molar-refractivity contribution in [3.8, 4) is 39.9 Å². The topological polar surface area (TPSA) is 98.8 Å². The number of hydrogen-bond donors (Lipinski definition) is 0. The maximum Gasteiger partial charge on any atom is 0.338 e. The Bertz CT molecular complexity index is 1690. The molecule has 44 heavy (non-hydrogen) atoms. The summed E-state index contributed by atoms with van der Waals surface area (Å²) in [4.78, 5) is 26.4. The van der Waals surface area contributed by atoms with Crippen LogP contribution in [0.25, 0.3) is 17.2 Å². The van der Waals surface area contributed by atoms with Crippen LogP contribution >= 0.6 is 11.3 Å². The first kappa shape index (κ1) is 30.5. The fourth-order valence-electron chi connectivity index (χ4n) is 4.80. The number of fused-ring (bicyclic) bond motifs is 1. The van der Waals surface area contributed by atoms with E-state index in [1.54, 1.807) is 45.4 Å². The van der Waals surface area contributed by atoms with Crippen LogP contribution in [0.2, 0.25) is 0 Å². The van der Waals surface area contributed by atoms with Crippen molar-refractivity contribution in [3.05, 3.63) is 93.2 Å². The van der Waals surface area contributed by atoms with Gasteiger partial charge in [-0.15, -0.1) is 11.3 Å². The molecule has 0 saturated heterocycles. The number of carbonyl (C=O) groups is 2. The average molecular weight is 617 g/mol. The number of hydrogen-bond acceptors (Lipinski definition) is 10. The van der Waals surface area contributed by atoms with Gasteiger partial charge >= 0.3 is 11.9 Å². The third-order valence-corrected chi connectivity index (χ3v) is 7.84. The highest BCUT2D eigenvalue weighted by Gasteiger charge is 2.22. The minimum atomic E-state index is -0.439. The zero-order valence-corrected chi connectivity index (χ0v) is 25.7. The van der Waals surface area contributed by atoms with Crippen molar-refractivity contribution in [2.75, 3.05) is 34.7 Å². The van der Waals surface area contributed by atoms with Crippen molar-refractivity contribution in [2.24, 2.45) is 0 Å². The fourth-order valence-corrected chi connectivity index (χ4v) is 5.67. The van der Waals surface area contributed by atoms with Gasteiger partial charge in [-0.3, -0.25) is 0 Å². The van der Waals surface area contributed by atoms with Crippen LogP contribution in [0.1, 0.15) is 33.3 Å². The van der Waals surface area contributed by atoms with Crippen LogP contribution in [0.4, 0.5) is 0 Å². The molecular weight excluding hydrogens is 584 g/mol. The summed E-state index contributed by atoms with van der Waals surface area (Å²) in [6.45, 7) is 2.25. The molecule has 2 heterocycles. The SMILES string of the molecule is CCOC(=O)C(=Cc1sccc1-c1ccc(OC)cc1OCc1ccccc1C(=O)OC)Cc1cc2c(cc1OC)OCO2. The molecular formula is C34H32O9S. The van der Waals surface area contributed by atoms with Crippen molar-refractivity contribution in [1.82, 2.24) is 0 Å². The Labute approximate surface area is 259 Å². The van der Waals surface area contributed by atoms with Gasteiger partial charge in [0, 0.05) is 51.3 Å². The Morgan fingerprint density at radius 2 is 1.68 bits per heavy atom. The number of benzene rings is 3. The van der Waals surface area contributed by atoms with Crippen molar-refractivity contribution in [1.29, 1.82) is 0 Å². The first-order chi connectivity index (χ1) is 21.4. The summed E-state index contributed by atoms with van der Waals surface area (Å²) in [5.41, 5.74) is 3.95. The van der Waals surface area contributed by atoms with Crippen LogP contribution in [-0.4, -0.2) is 46.7 Å². The highest BCUT2D eigenvalue weighted by molar-refractivity contribution is 7.11. The summed E-state index contributed by atoms with van der Waals surface area (Å²) >= 11 is 1.48. The van der Waals surface area contributed by atoms with Gasteiger partial charge < -0.3 is 33.2 Å². The standard InChI is InChI=1S/C34H32O9S/c1-5-40-33(35)23(14-22-15-30-31(43-20-42-30)18-28(22)38-3)16-32-27(12-13-44-32)26-11-10-24(37-2)17-29(26)41-19-21-8-6-7-9-25(21)34(36)39-4/h6-13,15-18H,5,14,19-20H2,1-4H3. The second-order valence-electron chi connectivity index (χ2n) is 9.58. The summed E-state index contributed by atoms with van der Waals surface area (Å²) in [5.74, 6) is 2.05. The number of ether oxygens (including phenoxy) is 7. The highest BCUT2D eigenvalue weighted by Crippen LogP contribution is 2.41. The van der Waals surface area contributed by atoms with E-state index in [1.165, 1.54) is 18.4 Å². The first-order valence-electron chi connectivity index (χ1n) is 13.8. The fraction of sp³-hybridized carbons (Fsp3) is 0.235. The van der Waals surface area contributed by atoms with Crippen LogP contribution in [0, 0.1) is 0 Å². The number of rotatable bonds is 12. The van der Waals surface area contributed by atoms with Crippen LogP contribution in [0.5, 0.6) is 28.7 Å². The Morgan fingerprint density at radius 3 is 2.43 bits per heavy atom. The Balaban J connectivity index is 1.51. The zero-order chi connectivity index (χ0) is 31.1. The van der Waals surface area contributed by atoms with Gasteiger partial charge in [0.05, 0.1) is 33.5 Å². The van der Waals surface area contributed by atoms with Gasteiger partial charge in [-0.25, -0.2) is 9.59 Å². The van der Waals surface area contributed by atoms with Crippen molar-refractivity contribution in [2.45, 2.75) is 20.0 Å². The predicted octanol–water partition coefficient (Wildman–Crippen LogP) is 6.72. The summed E-state index contributed by atoms with van der Waals surface area (Å²) in [5, 5.41) is 1.95. The smallest absolute Gasteiger partial charge is 0.338 e. The molecule has 0 aliphatic carbocycles. The summed E-state index contributed by atoms with van der Waals surface area (Å²) in [6.07, 6.45) is 2.08. The molecule has 1 aromatic heterocycles. The van der Waals surface area contributed by atoms with E-state index >= 15 is 0 Å². The summed E-state index contributed by atoms with van der Waals surface area (Å²) < 4.78 is 38.8. The van der Waals surface area contributed by atoms with Gasteiger partial charge in [0.2, 0.25) is 6.79 Å². The number of carbonyl (C=O) groups excluding carboxylic acids is 2. The molecule has 9 nitrogen and oxygen atoms in total. The van der Waals surface area contributed by atoms with Crippen LogP contribution < -0.4 is 23.7 Å².